The predicted molar refractivity (Wildman–Crippen MR) is 242 cm³/mol. The lowest BCUT2D eigenvalue weighted by atomic mass is 9.99. The third kappa shape index (κ3) is 11.0. The molecule has 3 fully saturated rings. The Morgan fingerprint density at radius 1 is 0.613 bits per heavy atom. The van der Waals surface area contributed by atoms with Crippen LogP contribution in [0.3, 0.4) is 0 Å². The summed E-state index contributed by atoms with van der Waals surface area (Å²) >= 11 is 0. The van der Waals surface area contributed by atoms with Crippen LogP contribution >= 0.6 is 0 Å². The highest BCUT2D eigenvalue weighted by Gasteiger charge is 2.26. The second-order valence-corrected chi connectivity index (χ2v) is 16.8. The van der Waals surface area contributed by atoms with Crippen LogP contribution in [-0.2, 0) is 22.7 Å². The molecule has 3 saturated heterocycles. The number of fused-ring (bicyclic) bond motifs is 2. The summed E-state index contributed by atoms with van der Waals surface area (Å²) in [5.74, 6) is -0.377. The van der Waals surface area contributed by atoms with Crippen molar-refractivity contribution in [2.45, 2.75) is 57.8 Å². The zero-order valence-electron chi connectivity index (χ0n) is 35.2. The molecule has 3 heterocycles. The molecule has 0 bridgehead atoms. The van der Waals surface area contributed by atoms with Gasteiger partial charge in [-0.05, 0) is 112 Å². The molecule has 1 unspecified atom stereocenters. The lowest BCUT2D eigenvalue weighted by molar-refractivity contribution is -0.129. The monoisotopic (exact) mass is 833 g/mol. The van der Waals surface area contributed by atoms with Crippen molar-refractivity contribution in [2.24, 2.45) is 0 Å². The molecule has 3 aliphatic heterocycles. The van der Waals surface area contributed by atoms with Crippen molar-refractivity contribution in [2.75, 3.05) is 39.3 Å². The van der Waals surface area contributed by atoms with E-state index in [0.29, 0.717) is 18.7 Å². The number of hydrogen-bond acceptors (Lipinski definition) is 5. The molecular formula is C52H53F2N5O3. The Kier molecular flexibility index (Phi) is 13.5. The van der Waals surface area contributed by atoms with Gasteiger partial charge in [0.15, 0.2) is 0 Å². The summed E-state index contributed by atoms with van der Waals surface area (Å²) in [6.07, 6.45) is 5.14. The first-order valence-corrected chi connectivity index (χ1v) is 21.6. The average molecular weight is 834 g/mol. The predicted octanol–water partition coefficient (Wildman–Crippen LogP) is 8.89. The first-order chi connectivity index (χ1) is 30.1. The fourth-order valence-electron chi connectivity index (χ4n) is 8.93. The van der Waals surface area contributed by atoms with E-state index in [1.54, 1.807) is 25.1 Å². The molecule has 2 atom stereocenters. The normalized spacial score (nSPS) is 18.0. The fraction of sp³-hybridized carbons (Fsp3) is 0.288. The minimum Gasteiger partial charge on any atom is -0.348 e. The van der Waals surface area contributed by atoms with E-state index >= 15 is 0 Å². The van der Waals surface area contributed by atoms with E-state index in [-0.39, 0.29) is 41.4 Å². The molecule has 3 aliphatic rings. The SMILES string of the molecule is CC(=O)N1CCC(=CC(=O)NC2CCN(Cc3ccc4cc(F)ccc4c3)C2)CC1.O=C(N[C@H]1CCN(Cc2ccc3cc(F)ccc3c2)C1)c1ccccc1-c1ccccc1. The summed E-state index contributed by atoms with van der Waals surface area (Å²) in [6, 6.07) is 40.1. The van der Waals surface area contributed by atoms with Crippen LogP contribution in [-0.4, -0.2) is 83.8 Å². The van der Waals surface area contributed by atoms with E-state index in [4.69, 9.17) is 0 Å². The van der Waals surface area contributed by atoms with Crippen LogP contribution in [0.4, 0.5) is 8.78 Å². The standard InChI is InChI=1S/C28H25FN2O.C24H28FN3O2/c29-24-13-12-22-16-20(10-11-23(22)17-24)18-31-15-14-25(19-31)30-28(32)27-9-5-4-8-26(27)21-6-2-1-3-7-21;1-17(29)28-10-6-18(7-11-28)13-24(30)26-23-8-9-27(16-23)15-19-2-3-21-14-22(25)5-4-20(21)12-19/h1-13,16-17,25H,14-15,18-19H2,(H,30,32);2-5,12-14,23H,6-11,15-16H2,1H3,(H,26,30)/t25-;/m0./s1. The lowest BCUT2D eigenvalue weighted by Gasteiger charge is -2.27. The summed E-state index contributed by atoms with van der Waals surface area (Å²) < 4.78 is 26.8. The molecule has 10 heteroatoms. The Bertz CT molecular complexity index is 2590. The van der Waals surface area contributed by atoms with Crippen LogP contribution in [0.15, 0.2) is 139 Å². The van der Waals surface area contributed by atoms with Gasteiger partial charge in [-0.2, -0.15) is 0 Å². The summed E-state index contributed by atoms with van der Waals surface area (Å²) in [4.78, 5) is 43.4. The van der Waals surface area contributed by atoms with Crippen LogP contribution in [0.1, 0.15) is 54.1 Å². The lowest BCUT2D eigenvalue weighted by Crippen LogP contribution is -2.37. The Morgan fingerprint density at radius 3 is 1.71 bits per heavy atom. The number of nitrogens with one attached hydrogen (secondary N) is 2. The highest BCUT2D eigenvalue weighted by molar-refractivity contribution is 6.01. The van der Waals surface area contributed by atoms with Crippen molar-refractivity contribution < 1.29 is 23.2 Å². The maximum Gasteiger partial charge on any atom is 0.252 e. The fourth-order valence-corrected chi connectivity index (χ4v) is 8.93. The third-order valence-electron chi connectivity index (χ3n) is 12.2. The first-order valence-electron chi connectivity index (χ1n) is 21.6. The second-order valence-electron chi connectivity index (χ2n) is 16.8. The number of hydrogen-bond donors (Lipinski definition) is 2. The van der Waals surface area contributed by atoms with E-state index < -0.39 is 0 Å². The number of nitrogens with zero attached hydrogens (tertiary/aromatic N) is 3. The van der Waals surface area contributed by atoms with Gasteiger partial charge in [0.25, 0.3) is 5.91 Å². The van der Waals surface area contributed by atoms with Crippen LogP contribution in [0.2, 0.25) is 0 Å². The summed E-state index contributed by atoms with van der Waals surface area (Å²) in [7, 11) is 0. The molecule has 2 N–H and O–H groups in total. The molecule has 0 aliphatic carbocycles. The molecule has 0 aromatic heterocycles. The van der Waals surface area contributed by atoms with Crippen molar-refractivity contribution in [1.29, 1.82) is 0 Å². The minimum absolute atomic E-state index is 0.0240. The highest BCUT2D eigenvalue weighted by atomic mass is 19.1. The van der Waals surface area contributed by atoms with E-state index in [1.165, 1.54) is 23.3 Å². The molecule has 9 rings (SSSR count). The van der Waals surface area contributed by atoms with E-state index in [2.05, 4.69) is 38.6 Å². The van der Waals surface area contributed by atoms with Gasteiger partial charge in [-0.3, -0.25) is 24.2 Å². The summed E-state index contributed by atoms with van der Waals surface area (Å²) in [5, 5.41) is 10.3. The first kappa shape index (κ1) is 42.5. The van der Waals surface area contributed by atoms with Gasteiger partial charge in [0.05, 0.1) is 0 Å². The Balaban J connectivity index is 0.000000171. The number of halogens is 2. The topological polar surface area (TPSA) is 85.0 Å². The molecule has 3 amide bonds. The molecule has 0 spiro atoms. The van der Waals surface area contributed by atoms with Crippen molar-refractivity contribution in [1.82, 2.24) is 25.3 Å². The average Bonchev–Trinajstić information content (AvgIpc) is 3.92. The van der Waals surface area contributed by atoms with Crippen LogP contribution < -0.4 is 10.6 Å². The summed E-state index contributed by atoms with van der Waals surface area (Å²) in [6.45, 7) is 8.15. The van der Waals surface area contributed by atoms with Gasteiger partial charge in [0.2, 0.25) is 11.8 Å². The number of piperidine rings is 1. The van der Waals surface area contributed by atoms with Crippen molar-refractivity contribution in [3.63, 3.8) is 0 Å². The van der Waals surface area contributed by atoms with Gasteiger partial charge < -0.3 is 15.5 Å². The quantitative estimate of drug-likeness (QED) is 0.142. The van der Waals surface area contributed by atoms with Crippen LogP contribution in [0.5, 0.6) is 0 Å². The highest BCUT2D eigenvalue weighted by Crippen LogP contribution is 2.26. The van der Waals surface area contributed by atoms with E-state index in [0.717, 1.165) is 103 Å². The maximum absolute atomic E-state index is 13.4. The van der Waals surface area contributed by atoms with Crippen LogP contribution in [0, 0.1) is 11.6 Å². The zero-order chi connectivity index (χ0) is 43.0. The molecule has 8 nitrogen and oxygen atoms in total. The smallest absolute Gasteiger partial charge is 0.252 e. The van der Waals surface area contributed by atoms with Crippen molar-refractivity contribution >= 4 is 39.3 Å². The van der Waals surface area contributed by atoms with Gasteiger partial charge >= 0.3 is 0 Å². The molecule has 6 aromatic carbocycles. The van der Waals surface area contributed by atoms with Crippen LogP contribution in [0.25, 0.3) is 32.7 Å². The van der Waals surface area contributed by atoms with Crippen molar-refractivity contribution in [3.8, 4) is 11.1 Å². The Morgan fingerprint density at radius 2 is 1.13 bits per heavy atom. The van der Waals surface area contributed by atoms with Crippen molar-refractivity contribution in [3.05, 3.63) is 167 Å². The van der Waals surface area contributed by atoms with Gasteiger partial charge in [-0.25, -0.2) is 8.78 Å². The molecular weight excluding hydrogens is 781 g/mol. The maximum atomic E-state index is 13.4. The second kappa shape index (κ2) is 19.6. The van der Waals surface area contributed by atoms with E-state index in [1.807, 2.05) is 89.8 Å². The Hall–Kier alpha value is -6.23. The number of amides is 3. The summed E-state index contributed by atoms with van der Waals surface area (Å²) in [5.41, 5.74) is 6.22. The number of likely N-dealkylation sites (tertiary alicyclic amines) is 3. The minimum atomic E-state index is -0.215. The number of benzene rings is 6. The van der Waals surface area contributed by atoms with Gasteiger partial charge in [0.1, 0.15) is 11.6 Å². The molecule has 6 aromatic rings. The largest absolute Gasteiger partial charge is 0.348 e. The molecule has 0 saturated carbocycles. The van der Waals surface area contributed by atoms with E-state index in [9.17, 15) is 23.2 Å². The third-order valence-corrected chi connectivity index (χ3v) is 12.2. The Labute approximate surface area is 362 Å². The van der Waals surface area contributed by atoms with Gasteiger partial charge in [-0.15, -0.1) is 0 Å². The van der Waals surface area contributed by atoms with Gasteiger partial charge in [0, 0.05) is 83.0 Å². The van der Waals surface area contributed by atoms with Gasteiger partial charge in [-0.1, -0.05) is 90.5 Å². The zero-order valence-corrected chi connectivity index (χ0v) is 35.2. The molecule has 318 valence electrons. The number of rotatable bonds is 9. The number of carbonyl (C=O) groups is 3. The molecule has 62 heavy (non-hydrogen) atoms. The number of carbonyl (C=O) groups excluding carboxylic acids is 3. The molecule has 0 radical (unpaired) electrons.